The van der Waals surface area contributed by atoms with E-state index < -0.39 is 0 Å². The van der Waals surface area contributed by atoms with Gasteiger partial charge in [0.1, 0.15) is 5.76 Å². The van der Waals surface area contributed by atoms with Crippen molar-refractivity contribution in [3.05, 3.63) is 17.5 Å². The van der Waals surface area contributed by atoms with Crippen LogP contribution in [0.5, 0.6) is 0 Å². The molecule has 1 heterocycles. The first kappa shape index (κ1) is 8.27. The second-order valence-electron chi connectivity index (χ2n) is 3.64. The molecule has 0 saturated carbocycles. The third-order valence-corrected chi connectivity index (χ3v) is 1.51. The average molecular weight is 154 g/mol. The lowest BCUT2D eigenvalue weighted by atomic mass is 9.93. The summed E-state index contributed by atoms with van der Waals surface area (Å²) in [5, 5.41) is 3.80. The fourth-order valence-corrected chi connectivity index (χ4v) is 0.761. The topological polar surface area (TPSA) is 52.0 Å². The van der Waals surface area contributed by atoms with Crippen molar-refractivity contribution in [1.29, 1.82) is 0 Å². The molecule has 3 heteroatoms. The van der Waals surface area contributed by atoms with Crippen molar-refractivity contribution in [3.63, 3.8) is 0 Å². The molecular weight excluding hydrogens is 140 g/mol. The van der Waals surface area contributed by atoms with Crippen LogP contribution in [0.2, 0.25) is 0 Å². The van der Waals surface area contributed by atoms with Crippen LogP contribution >= 0.6 is 0 Å². The Morgan fingerprint density at radius 1 is 1.55 bits per heavy atom. The molecule has 0 aliphatic heterocycles. The fraction of sp³-hybridized carbons (Fsp3) is 0.625. The third kappa shape index (κ3) is 1.80. The van der Waals surface area contributed by atoms with Gasteiger partial charge in [-0.15, -0.1) is 0 Å². The maximum atomic E-state index is 5.38. The molecule has 0 radical (unpaired) electrons. The Morgan fingerprint density at radius 3 is 2.45 bits per heavy atom. The first-order valence-corrected chi connectivity index (χ1v) is 3.70. The van der Waals surface area contributed by atoms with Gasteiger partial charge in [0.15, 0.2) is 0 Å². The zero-order valence-electron chi connectivity index (χ0n) is 7.22. The van der Waals surface area contributed by atoms with Gasteiger partial charge in [0.2, 0.25) is 0 Å². The third-order valence-electron chi connectivity index (χ3n) is 1.51. The van der Waals surface area contributed by atoms with Gasteiger partial charge in [-0.25, -0.2) is 0 Å². The lowest BCUT2D eigenvalue weighted by molar-refractivity contribution is 0.326. The Bertz CT molecular complexity index is 234. The van der Waals surface area contributed by atoms with E-state index in [0.717, 1.165) is 11.5 Å². The standard InChI is InChI=1S/C8H14N2O/c1-8(2,3)7-4-6(5-9)10-11-7/h4H,5,9H2,1-3H3. The maximum absolute atomic E-state index is 5.38. The number of aromatic nitrogens is 1. The minimum atomic E-state index is 0.0282. The highest BCUT2D eigenvalue weighted by atomic mass is 16.5. The molecule has 0 aliphatic carbocycles. The van der Waals surface area contributed by atoms with E-state index in [-0.39, 0.29) is 5.41 Å². The molecule has 1 aromatic heterocycles. The molecule has 3 nitrogen and oxygen atoms in total. The van der Waals surface area contributed by atoms with E-state index in [9.17, 15) is 0 Å². The summed E-state index contributed by atoms with van der Waals surface area (Å²) in [4.78, 5) is 0. The predicted octanol–water partition coefficient (Wildman–Crippen LogP) is 1.43. The molecule has 0 unspecified atom stereocenters. The fourth-order valence-electron chi connectivity index (χ4n) is 0.761. The monoisotopic (exact) mass is 154 g/mol. The quantitative estimate of drug-likeness (QED) is 0.665. The van der Waals surface area contributed by atoms with Crippen molar-refractivity contribution in [2.24, 2.45) is 5.73 Å². The van der Waals surface area contributed by atoms with Gasteiger partial charge in [-0.3, -0.25) is 0 Å². The van der Waals surface area contributed by atoms with E-state index in [1.54, 1.807) is 0 Å². The predicted molar refractivity (Wildman–Crippen MR) is 43.1 cm³/mol. The lowest BCUT2D eigenvalue weighted by Crippen LogP contribution is -2.09. The minimum Gasteiger partial charge on any atom is -0.361 e. The molecule has 0 amide bonds. The summed E-state index contributed by atoms with van der Waals surface area (Å²) in [7, 11) is 0. The van der Waals surface area contributed by atoms with Gasteiger partial charge in [0, 0.05) is 18.0 Å². The van der Waals surface area contributed by atoms with Gasteiger partial charge in [-0.1, -0.05) is 25.9 Å². The maximum Gasteiger partial charge on any atom is 0.142 e. The van der Waals surface area contributed by atoms with Crippen LogP contribution < -0.4 is 5.73 Å². The SMILES string of the molecule is CC(C)(C)c1cc(CN)no1. The summed E-state index contributed by atoms with van der Waals surface area (Å²) in [5.74, 6) is 0.887. The summed E-state index contributed by atoms with van der Waals surface area (Å²) < 4.78 is 5.09. The smallest absolute Gasteiger partial charge is 0.142 e. The van der Waals surface area contributed by atoms with Crippen LogP contribution in [0.4, 0.5) is 0 Å². The van der Waals surface area contributed by atoms with Crippen molar-refractivity contribution in [2.45, 2.75) is 32.7 Å². The molecule has 62 valence electrons. The zero-order chi connectivity index (χ0) is 8.48. The van der Waals surface area contributed by atoms with Gasteiger partial charge in [0.25, 0.3) is 0 Å². The van der Waals surface area contributed by atoms with Gasteiger partial charge < -0.3 is 10.3 Å². The highest BCUT2D eigenvalue weighted by molar-refractivity contribution is 5.12. The number of hydrogen-bond donors (Lipinski definition) is 1. The minimum absolute atomic E-state index is 0.0282. The molecule has 0 aromatic carbocycles. The molecule has 0 saturated heterocycles. The lowest BCUT2D eigenvalue weighted by Gasteiger charge is -2.12. The molecule has 11 heavy (non-hydrogen) atoms. The molecular formula is C8H14N2O. The first-order chi connectivity index (χ1) is 5.04. The Labute approximate surface area is 66.6 Å². The molecule has 1 aromatic rings. The highest BCUT2D eigenvalue weighted by Crippen LogP contribution is 2.22. The number of nitrogens with two attached hydrogens (primary N) is 1. The summed E-state index contributed by atoms with van der Waals surface area (Å²) in [5.41, 5.74) is 6.23. The molecule has 2 N–H and O–H groups in total. The summed E-state index contributed by atoms with van der Waals surface area (Å²) >= 11 is 0. The van der Waals surface area contributed by atoms with E-state index in [1.807, 2.05) is 6.07 Å². The van der Waals surface area contributed by atoms with Crippen LogP contribution in [0.1, 0.15) is 32.2 Å². The number of hydrogen-bond acceptors (Lipinski definition) is 3. The summed E-state index contributed by atoms with van der Waals surface area (Å²) in [6.07, 6.45) is 0. The van der Waals surface area contributed by atoms with Crippen molar-refractivity contribution in [2.75, 3.05) is 0 Å². The summed E-state index contributed by atoms with van der Waals surface area (Å²) in [6.45, 7) is 6.68. The Hall–Kier alpha value is -0.830. The van der Waals surface area contributed by atoms with Crippen molar-refractivity contribution in [3.8, 4) is 0 Å². The van der Waals surface area contributed by atoms with Crippen LogP contribution in [-0.2, 0) is 12.0 Å². The second-order valence-corrected chi connectivity index (χ2v) is 3.64. The first-order valence-electron chi connectivity index (χ1n) is 3.70. The molecule has 0 fully saturated rings. The van der Waals surface area contributed by atoms with Crippen LogP contribution in [0.15, 0.2) is 10.6 Å². The van der Waals surface area contributed by atoms with E-state index in [0.29, 0.717) is 6.54 Å². The van der Waals surface area contributed by atoms with Gasteiger partial charge in [-0.2, -0.15) is 0 Å². The largest absolute Gasteiger partial charge is 0.361 e. The van der Waals surface area contributed by atoms with E-state index in [2.05, 4.69) is 25.9 Å². The van der Waals surface area contributed by atoms with E-state index >= 15 is 0 Å². The normalized spacial score (nSPS) is 12.0. The average Bonchev–Trinajstić information content (AvgIpc) is 2.32. The van der Waals surface area contributed by atoms with Crippen molar-refractivity contribution < 1.29 is 4.52 Å². The summed E-state index contributed by atoms with van der Waals surface area (Å²) in [6, 6.07) is 1.90. The second kappa shape index (κ2) is 2.66. The van der Waals surface area contributed by atoms with Crippen LogP contribution in [-0.4, -0.2) is 5.16 Å². The number of nitrogens with zero attached hydrogens (tertiary/aromatic N) is 1. The Morgan fingerprint density at radius 2 is 2.18 bits per heavy atom. The van der Waals surface area contributed by atoms with E-state index in [1.165, 1.54) is 0 Å². The van der Waals surface area contributed by atoms with E-state index in [4.69, 9.17) is 10.3 Å². The van der Waals surface area contributed by atoms with Crippen LogP contribution in [0, 0.1) is 0 Å². The van der Waals surface area contributed by atoms with Gasteiger partial charge >= 0.3 is 0 Å². The molecule has 0 spiro atoms. The Kier molecular flexibility index (Phi) is 2.00. The van der Waals surface area contributed by atoms with Crippen LogP contribution in [0.25, 0.3) is 0 Å². The van der Waals surface area contributed by atoms with Gasteiger partial charge in [-0.05, 0) is 0 Å². The highest BCUT2D eigenvalue weighted by Gasteiger charge is 2.18. The molecule has 0 atom stereocenters. The molecule has 0 bridgehead atoms. The Balaban J connectivity index is 2.89. The van der Waals surface area contributed by atoms with Crippen LogP contribution in [0.3, 0.4) is 0 Å². The molecule has 1 rings (SSSR count). The molecule has 0 aliphatic rings. The van der Waals surface area contributed by atoms with Crippen molar-refractivity contribution >= 4 is 0 Å². The number of rotatable bonds is 1. The van der Waals surface area contributed by atoms with Gasteiger partial charge in [0.05, 0.1) is 5.69 Å². The zero-order valence-corrected chi connectivity index (χ0v) is 7.22. The van der Waals surface area contributed by atoms with Crippen molar-refractivity contribution in [1.82, 2.24) is 5.16 Å².